The molecule has 2 aromatic rings. The Labute approximate surface area is 127 Å². The topological polar surface area (TPSA) is 21.3 Å². The summed E-state index contributed by atoms with van der Waals surface area (Å²) in [5.74, 6) is -0.0708. The molecule has 1 heterocycles. The Morgan fingerprint density at radius 3 is 2.70 bits per heavy atom. The summed E-state index contributed by atoms with van der Waals surface area (Å²) < 4.78 is 20.1. The van der Waals surface area contributed by atoms with Crippen molar-refractivity contribution in [2.75, 3.05) is 0 Å². The van der Waals surface area contributed by atoms with Gasteiger partial charge in [0.05, 0.1) is 4.34 Å². The summed E-state index contributed by atoms with van der Waals surface area (Å²) in [5.41, 5.74) is 0.905. The van der Waals surface area contributed by atoms with E-state index in [2.05, 4.69) is 19.2 Å². The molecule has 2 rings (SSSR count). The second-order valence-electron chi connectivity index (χ2n) is 4.79. The lowest BCUT2D eigenvalue weighted by Gasteiger charge is -2.10. The highest BCUT2D eigenvalue weighted by atomic mass is 35.5. The maximum absolute atomic E-state index is 13.9. The number of thiophene rings is 1. The van der Waals surface area contributed by atoms with E-state index >= 15 is 0 Å². The van der Waals surface area contributed by atoms with E-state index in [1.54, 1.807) is 6.07 Å². The molecule has 0 spiro atoms. The van der Waals surface area contributed by atoms with Gasteiger partial charge < -0.3 is 10.1 Å². The zero-order chi connectivity index (χ0) is 14.5. The summed E-state index contributed by atoms with van der Waals surface area (Å²) >= 11 is 7.27. The number of benzene rings is 1. The van der Waals surface area contributed by atoms with Crippen molar-refractivity contribution in [1.82, 2.24) is 5.32 Å². The second-order valence-corrected chi connectivity index (χ2v) is 6.59. The molecule has 0 saturated heterocycles. The quantitative estimate of drug-likeness (QED) is 0.840. The van der Waals surface area contributed by atoms with E-state index in [1.807, 2.05) is 18.2 Å². The molecule has 1 aromatic heterocycles. The van der Waals surface area contributed by atoms with Crippen molar-refractivity contribution in [2.24, 2.45) is 0 Å². The molecule has 0 atom stereocenters. The fourth-order valence-corrected chi connectivity index (χ4v) is 2.67. The van der Waals surface area contributed by atoms with Crippen LogP contribution in [0.25, 0.3) is 0 Å². The predicted octanol–water partition coefficient (Wildman–Crippen LogP) is 4.62. The Hall–Kier alpha value is -1.10. The third-order valence-electron chi connectivity index (χ3n) is 2.71. The fraction of sp³-hybridized carbons (Fsp3) is 0.333. The van der Waals surface area contributed by atoms with E-state index in [9.17, 15) is 4.39 Å². The van der Waals surface area contributed by atoms with Gasteiger partial charge in [0.15, 0.2) is 11.6 Å². The number of ether oxygens (including phenoxy) is 1. The van der Waals surface area contributed by atoms with Crippen LogP contribution in [-0.2, 0) is 13.2 Å². The van der Waals surface area contributed by atoms with Crippen LogP contribution in [0.1, 0.15) is 24.3 Å². The maximum Gasteiger partial charge on any atom is 0.165 e. The monoisotopic (exact) mass is 313 g/mol. The fourth-order valence-electron chi connectivity index (χ4n) is 1.67. The van der Waals surface area contributed by atoms with E-state index in [4.69, 9.17) is 16.3 Å². The summed E-state index contributed by atoms with van der Waals surface area (Å²) in [6.45, 7) is 5.09. The van der Waals surface area contributed by atoms with Gasteiger partial charge in [0, 0.05) is 17.5 Å². The average molecular weight is 314 g/mol. The lowest BCUT2D eigenvalue weighted by atomic mass is 10.2. The molecule has 0 aliphatic rings. The van der Waals surface area contributed by atoms with E-state index in [1.165, 1.54) is 17.4 Å². The van der Waals surface area contributed by atoms with Gasteiger partial charge in [0.2, 0.25) is 0 Å². The van der Waals surface area contributed by atoms with Crippen LogP contribution in [0.2, 0.25) is 4.34 Å². The van der Waals surface area contributed by atoms with Gasteiger partial charge in [-0.25, -0.2) is 4.39 Å². The van der Waals surface area contributed by atoms with Crippen molar-refractivity contribution in [3.05, 3.63) is 50.9 Å². The first kappa shape index (κ1) is 15.3. The van der Waals surface area contributed by atoms with Crippen molar-refractivity contribution in [3.63, 3.8) is 0 Å². The minimum absolute atomic E-state index is 0.266. The van der Waals surface area contributed by atoms with Gasteiger partial charge in [0.1, 0.15) is 6.61 Å². The molecule has 0 aliphatic heterocycles. The van der Waals surface area contributed by atoms with Crippen LogP contribution >= 0.6 is 22.9 Å². The molecule has 0 radical (unpaired) electrons. The third-order valence-corrected chi connectivity index (χ3v) is 3.91. The van der Waals surface area contributed by atoms with Gasteiger partial charge in [0.25, 0.3) is 0 Å². The van der Waals surface area contributed by atoms with Crippen LogP contribution in [-0.4, -0.2) is 6.04 Å². The normalized spacial score (nSPS) is 11.1. The van der Waals surface area contributed by atoms with Gasteiger partial charge in [-0.05, 0) is 29.8 Å². The lowest BCUT2D eigenvalue weighted by molar-refractivity contribution is 0.293. The molecule has 1 N–H and O–H groups in total. The Kier molecular flexibility index (Phi) is 5.40. The van der Waals surface area contributed by atoms with Crippen LogP contribution in [0, 0.1) is 5.82 Å². The molecule has 20 heavy (non-hydrogen) atoms. The van der Waals surface area contributed by atoms with Crippen LogP contribution in [0.15, 0.2) is 30.3 Å². The Bertz CT molecular complexity index is 571. The van der Waals surface area contributed by atoms with E-state index < -0.39 is 0 Å². The largest absolute Gasteiger partial charge is 0.485 e. The molecule has 5 heteroatoms. The van der Waals surface area contributed by atoms with E-state index in [0.29, 0.717) is 23.5 Å². The standard InChI is InChI=1S/C15H17ClFNOS/c1-10(2)18-8-11-3-5-14(13(17)7-11)19-9-12-4-6-15(16)20-12/h3-7,10,18H,8-9H2,1-2H3. The average Bonchev–Trinajstić information content (AvgIpc) is 2.81. The van der Waals surface area contributed by atoms with Crippen molar-refractivity contribution >= 4 is 22.9 Å². The minimum atomic E-state index is -0.337. The summed E-state index contributed by atoms with van der Waals surface area (Å²) in [6.07, 6.45) is 0. The second kappa shape index (κ2) is 7.07. The highest BCUT2D eigenvalue weighted by Crippen LogP contribution is 2.24. The highest BCUT2D eigenvalue weighted by Gasteiger charge is 2.06. The summed E-state index contributed by atoms with van der Waals surface area (Å²) in [7, 11) is 0. The van der Waals surface area contributed by atoms with Gasteiger partial charge in [-0.1, -0.05) is 31.5 Å². The molecule has 0 fully saturated rings. The summed E-state index contributed by atoms with van der Waals surface area (Å²) in [6, 6.07) is 9.11. The molecule has 2 nitrogen and oxygen atoms in total. The van der Waals surface area contributed by atoms with Crippen molar-refractivity contribution < 1.29 is 9.13 Å². The van der Waals surface area contributed by atoms with Crippen LogP contribution < -0.4 is 10.1 Å². The zero-order valence-electron chi connectivity index (χ0n) is 11.5. The first-order chi connectivity index (χ1) is 9.54. The molecule has 0 saturated carbocycles. The van der Waals surface area contributed by atoms with E-state index in [-0.39, 0.29) is 11.6 Å². The number of rotatable bonds is 6. The van der Waals surface area contributed by atoms with E-state index in [0.717, 1.165) is 10.4 Å². The van der Waals surface area contributed by atoms with Crippen molar-refractivity contribution in [2.45, 2.75) is 33.0 Å². The highest BCUT2D eigenvalue weighted by molar-refractivity contribution is 7.16. The van der Waals surface area contributed by atoms with Crippen LogP contribution in [0.5, 0.6) is 5.75 Å². The van der Waals surface area contributed by atoms with Crippen LogP contribution in [0.4, 0.5) is 4.39 Å². The van der Waals surface area contributed by atoms with Gasteiger partial charge in [-0.15, -0.1) is 11.3 Å². The van der Waals surface area contributed by atoms with Gasteiger partial charge >= 0.3 is 0 Å². The number of hydrogen-bond acceptors (Lipinski definition) is 3. The SMILES string of the molecule is CC(C)NCc1ccc(OCc2ccc(Cl)s2)c(F)c1. The smallest absolute Gasteiger partial charge is 0.165 e. The number of hydrogen-bond donors (Lipinski definition) is 1. The Balaban J connectivity index is 1.95. The molecule has 0 aliphatic carbocycles. The molecule has 0 bridgehead atoms. The van der Waals surface area contributed by atoms with Crippen LogP contribution in [0.3, 0.4) is 0 Å². The first-order valence-corrected chi connectivity index (χ1v) is 7.63. The van der Waals surface area contributed by atoms with Crippen molar-refractivity contribution in [3.8, 4) is 5.75 Å². The predicted molar refractivity (Wildman–Crippen MR) is 82.0 cm³/mol. The zero-order valence-corrected chi connectivity index (χ0v) is 13.0. The molecule has 108 valence electrons. The van der Waals surface area contributed by atoms with Gasteiger partial charge in [-0.2, -0.15) is 0 Å². The summed E-state index contributed by atoms with van der Waals surface area (Å²) in [5, 5.41) is 3.25. The molecule has 0 unspecified atom stereocenters. The van der Waals surface area contributed by atoms with Gasteiger partial charge in [-0.3, -0.25) is 0 Å². The number of nitrogens with one attached hydrogen (secondary N) is 1. The molecular formula is C15H17ClFNOS. The minimum Gasteiger partial charge on any atom is -0.485 e. The van der Waals surface area contributed by atoms with Crippen molar-refractivity contribution in [1.29, 1.82) is 0 Å². The first-order valence-electron chi connectivity index (χ1n) is 6.43. The molecule has 0 amide bonds. The molecular weight excluding hydrogens is 297 g/mol. The third kappa shape index (κ3) is 4.47. The Morgan fingerprint density at radius 2 is 2.10 bits per heavy atom. The Morgan fingerprint density at radius 1 is 1.30 bits per heavy atom. The lowest BCUT2D eigenvalue weighted by Crippen LogP contribution is -2.21. The summed E-state index contributed by atoms with van der Waals surface area (Å²) in [4.78, 5) is 0.972. The molecule has 1 aromatic carbocycles. The number of halogens is 2. The maximum atomic E-state index is 13.9.